The molecule has 3 rings (SSSR count). The van der Waals surface area contributed by atoms with Crippen LogP contribution in [-0.2, 0) is 9.53 Å². The second-order valence-electron chi connectivity index (χ2n) is 5.96. The van der Waals surface area contributed by atoms with Crippen molar-refractivity contribution in [2.45, 2.75) is 43.6 Å². The van der Waals surface area contributed by atoms with Gasteiger partial charge in [0.15, 0.2) is 0 Å². The normalized spacial score (nSPS) is 32.5. The second kappa shape index (κ2) is 6.00. The van der Waals surface area contributed by atoms with Gasteiger partial charge in [-0.25, -0.2) is 4.79 Å². The molecule has 112 valence electrons. The second-order valence-corrected chi connectivity index (χ2v) is 5.96. The van der Waals surface area contributed by atoms with Crippen molar-refractivity contribution < 1.29 is 14.6 Å². The molecule has 0 aromatic heterocycles. The number of rotatable bonds is 3. The molecule has 1 aromatic rings. The number of carbonyl (C=O) groups excluding carboxylic acids is 1. The number of fused-ring (bicyclic) bond motifs is 2. The Morgan fingerprint density at radius 3 is 2.76 bits per heavy atom. The van der Waals surface area contributed by atoms with Crippen molar-refractivity contribution in [3.8, 4) is 0 Å². The molecule has 0 saturated carbocycles. The van der Waals surface area contributed by atoms with Crippen LogP contribution in [0.25, 0.3) is 6.08 Å². The number of hydrogen-bond donors (Lipinski definition) is 1. The first-order valence-corrected chi connectivity index (χ1v) is 7.47. The molecule has 2 aliphatic heterocycles. The van der Waals surface area contributed by atoms with Crippen LogP contribution < -0.4 is 0 Å². The number of benzene rings is 1. The molecule has 4 atom stereocenters. The minimum Gasteiger partial charge on any atom is -0.459 e. The van der Waals surface area contributed by atoms with Gasteiger partial charge in [-0.1, -0.05) is 30.3 Å². The van der Waals surface area contributed by atoms with Crippen molar-refractivity contribution in [3.05, 3.63) is 42.0 Å². The van der Waals surface area contributed by atoms with Crippen molar-refractivity contribution in [2.75, 3.05) is 7.05 Å². The summed E-state index contributed by atoms with van der Waals surface area (Å²) in [5.74, 6) is -0.303. The Hall–Kier alpha value is -1.65. The van der Waals surface area contributed by atoms with E-state index < -0.39 is 0 Å². The Labute approximate surface area is 125 Å². The fourth-order valence-electron chi connectivity index (χ4n) is 3.43. The predicted molar refractivity (Wildman–Crippen MR) is 80.6 cm³/mol. The van der Waals surface area contributed by atoms with Crippen molar-refractivity contribution >= 4 is 12.0 Å². The van der Waals surface area contributed by atoms with E-state index in [2.05, 4.69) is 4.90 Å². The summed E-state index contributed by atoms with van der Waals surface area (Å²) in [6.07, 6.45) is 5.19. The van der Waals surface area contributed by atoms with E-state index in [9.17, 15) is 9.90 Å². The fraction of sp³-hybridized carbons (Fsp3) is 0.471. The Morgan fingerprint density at radius 2 is 2.05 bits per heavy atom. The highest BCUT2D eigenvalue weighted by Crippen LogP contribution is 2.35. The molecule has 0 radical (unpaired) electrons. The van der Waals surface area contributed by atoms with Gasteiger partial charge in [0.25, 0.3) is 0 Å². The molecule has 2 heterocycles. The third-order valence-corrected chi connectivity index (χ3v) is 4.59. The van der Waals surface area contributed by atoms with E-state index in [0.717, 1.165) is 24.8 Å². The minimum atomic E-state index is -0.303. The zero-order valence-electron chi connectivity index (χ0n) is 12.2. The molecule has 21 heavy (non-hydrogen) atoms. The van der Waals surface area contributed by atoms with Crippen LogP contribution in [0, 0.1) is 0 Å². The molecule has 1 aromatic carbocycles. The van der Waals surface area contributed by atoms with Crippen LogP contribution in [0.4, 0.5) is 0 Å². The summed E-state index contributed by atoms with van der Waals surface area (Å²) in [4.78, 5) is 14.1. The van der Waals surface area contributed by atoms with Crippen LogP contribution in [-0.4, -0.2) is 47.3 Å². The molecule has 1 N–H and O–H groups in total. The molecule has 4 unspecified atom stereocenters. The summed E-state index contributed by atoms with van der Waals surface area (Å²) in [5, 5.41) is 9.98. The van der Waals surface area contributed by atoms with Crippen LogP contribution in [0.5, 0.6) is 0 Å². The molecule has 2 saturated heterocycles. The maximum Gasteiger partial charge on any atom is 0.331 e. The SMILES string of the molecule is CN1C2CC(OC(=O)C=Cc3ccccc3)CC1C(O)C2. The Balaban J connectivity index is 1.56. The lowest BCUT2D eigenvalue weighted by Crippen LogP contribution is -2.45. The average molecular weight is 287 g/mol. The van der Waals surface area contributed by atoms with Crippen LogP contribution in [0.3, 0.4) is 0 Å². The van der Waals surface area contributed by atoms with Crippen LogP contribution in [0.1, 0.15) is 24.8 Å². The number of aliphatic hydroxyl groups is 1. The summed E-state index contributed by atoms with van der Waals surface area (Å²) in [6, 6.07) is 10.1. The Kier molecular flexibility index (Phi) is 4.08. The van der Waals surface area contributed by atoms with Gasteiger partial charge in [-0.2, -0.15) is 0 Å². The molecule has 2 aliphatic rings. The number of likely N-dealkylation sites (N-methyl/N-ethyl adjacent to an activating group) is 1. The van der Waals surface area contributed by atoms with Crippen molar-refractivity contribution in [1.29, 1.82) is 0 Å². The molecule has 0 amide bonds. The van der Waals surface area contributed by atoms with E-state index in [4.69, 9.17) is 4.74 Å². The summed E-state index contributed by atoms with van der Waals surface area (Å²) >= 11 is 0. The van der Waals surface area contributed by atoms with Crippen LogP contribution in [0.2, 0.25) is 0 Å². The van der Waals surface area contributed by atoms with Gasteiger partial charge in [0.2, 0.25) is 0 Å². The summed E-state index contributed by atoms with van der Waals surface area (Å²) in [5.41, 5.74) is 0.980. The van der Waals surface area contributed by atoms with E-state index in [1.807, 2.05) is 37.4 Å². The van der Waals surface area contributed by atoms with E-state index in [1.54, 1.807) is 6.08 Å². The summed E-state index contributed by atoms with van der Waals surface area (Å²) in [6.45, 7) is 0. The van der Waals surface area contributed by atoms with E-state index >= 15 is 0 Å². The number of carbonyl (C=O) groups is 1. The lowest BCUT2D eigenvalue weighted by atomic mass is 10.0. The quantitative estimate of drug-likeness (QED) is 0.681. The number of ether oxygens (including phenoxy) is 1. The third kappa shape index (κ3) is 3.17. The van der Waals surface area contributed by atoms with Gasteiger partial charge in [0, 0.05) is 31.0 Å². The van der Waals surface area contributed by atoms with Crippen LogP contribution >= 0.6 is 0 Å². The van der Waals surface area contributed by atoms with Gasteiger partial charge in [-0.15, -0.1) is 0 Å². The first-order valence-electron chi connectivity index (χ1n) is 7.47. The molecule has 0 aliphatic carbocycles. The molecule has 2 fully saturated rings. The van der Waals surface area contributed by atoms with Gasteiger partial charge in [-0.05, 0) is 25.1 Å². The molecule has 0 spiro atoms. The van der Waals surface area contributed by atoms with Gasteiger partial charge >= 0.3 is 5.97 Å². The molecular formula is C17H21NO3. The highest BCUT2D eigenvalue weighted by Gasteiger charge is 2.45. The van der Waals surface area contributed by atoms with Crippen molar-refractivity contribution in [3.63, 3.8) is 0 Å². The maximum absolute atomic E-state index is 11.9. The number of hydrogen-bond acceptors (Lipinski definition) is 4. The van der Waals surface area contributed by atoms with Gasteiger partial charge in [0.1, 0.15) is 6.10 Å². The predicted octanol–water partition coefficient (Wildman–Crippen LogP) is 1.84. The highest BCUT2D eigenvalue weighted by atomic mass is 16.5. The number of nitrogens with zero attached hydrogens (tertiary/aromatic N) is 1. The number of aliphatic hydroxyl groups excluding tert-OH is 1. The van der Waals surface area contributed by atoms with E-state index in [-0.39, 0.29) is 24.2 Å². The van der Waals surface area contributed by atoms with Crippen molar-refractivity contribution in [2.24, 2.45) is 0 Å². The largest absolute Gasteiger partial charge is 0.459 e. The lowest BCUT2D eigenvalue weighted by Gasteiger charge is -2.35. The van der Waals surface area contributed by atoms with E-state index in [1.165, 1.54) is 6.08 Å². The summed E-state index contributed by atoms with van der Waals surface area (Å²) in [7, 11) is 2.04. The first kappa shape index (κ1) is 14.3. The number of esters is 1. The lowest BCUT2D eigenvalue weighted by molar-refractivity contribution is -0.146. The topological polar surface area (TPSA) is 49.8 Å². The monoisotopic (exact) mass is 287 g/mol. The van der Waals surface area contributed by atoms with E-state index in [0.29, 0.717) is 6.04 Å². The van der Waals surface area contributed by atoms with Crippen molar-refractivity contribution in [1.82, 2.24) is 4.90 Å². The molecule has 2 bridgehead atoms. The molecular weight excluding hydrogens is 266 g/mol. The zero-order chi connectivity index (χ0) is 14.8. The third-order valence-electron chi connectivity index (χ3n) is 4.59. The average Bonchev–Trinajstić information content (AvgIpc) is 2.65. The van der Waals surface area contributed by atoms with Crippen LogP contribution in [0.15, 0.2) is 36.4 Å². The molecule has 4 heteroatoms. The minimum absolute atomic E-state index is 0.0822. The number of piperidine rings is 1. The van der Waals surface area contributed by atoms with Gasteiger partial charge in [0.05, 0.1) is 6.10 Å². The Morgan fingerprint density at radius 1 is 1.29 bits per heavy atom. The highest BCUT2D eigenvalue weighted by molar-refractivity contribution is 5.87. The standard InChI is InChI=1S/C17H21NO3/c1-18-13-9-14(11-15(18)16(19)10-13)21-17(20)8-7-12-5-3-2-4-6-12/h2-8,13-16,19H,9-11H2,1H3. The first-order chi connectivity index (χ1) is 10.1. The zero-order valence-corrected chi connectivity index (χ0v) is 12.2. The smallest absolute Gasteiger partial charge is 0.331 e. The fourth-order valence-corrected chi connectivity index (χ4v) is 3.43. The van der Waals surface area contributed by atoms with Gasteiger partial charge < -0.3 is 9.84 Å². The Bertz CT molecular complexity index is 528. The van der Waals surface area contributed by atoms with Gasteiger partial charge in [-0.3, -0.25) is 4.90 Å². The maximum atomic E-state index is 11.9. The molecule has 4 nitrogen and oxygen atoms in total. The summed E-state index contributed by atoms with van der Waals surface area (Å²) < 4.78 is 5.53.